The summed E-state index contributed by atoms with van der Waals surface area (Å²) < 4.78 is 5.66. The number of carbonyl (C=O) groups is 3. The highest BCUT2D eigenvalue weighted by Crippen LogP contribution is 2.45. The van der Waals surface area contributed by atoms with Gasteiger partial charge in [0.15, 0.2) is 5.75 Å². The van der Waals surface area contributed by atoms with Crippen LogP contribution in [-0.4, -0.2) is 116 Å². The first-order chi connectivity index (χ1) is 26.1. The summed E-state index contributed by atoms with van der Waals surface area (Å²) in [5.74, 6) is -0.0574. The van der Waals surface area contributed by atoms with Gasteiger partial charge in [0.1, 0.15) is 6.04 Å². The number of nitrogens with one attached hydrogen (secondary N) is 2. The van der Waals surface area contributed by atoms with E-state index in [0.29, 0.717) is 29.4 Å². The van der Waals surface area contributed by atoms with Crippen molar-refractivity contribution in [1.82, 2.24) is 30.2 Å². The Bertz CT molecular complexity index is 1670. The van der Waals surface area contributed by atoms with Crippen molar-refractivity contribution in [3.8, 4) is 5.75 Å². The highest BCUT2D eigenvalue weighted by molar-refractivity contribution is 7.09. The number of hydrogen-bond acceptors (Lipinski definition) is 8. The third kappa shape index (κ3) is 10.4. The molecule has 1 unspecified atom stereocenters. The van der Waals surface area contributed by atoms with Gasteiger partial charge in [-0.1, -0.05) is 66.6 Å². The molecule has 1 aromatic heterocycles. The van der Waals surface area contributed by atoms with Crippen LogP contribution in [0, 0.1) is 5.41 Å². The predicted octanol–water partition coefficient (Wildman–Crippen LogP) is 6.30. The van der Waals surface area contributed by atoms with E-state index in [1.807, 2.05) is 17.5 Å². The molecular formula is C42H57ClN6O4S. The largest absolute Gasteiger partial charge is 0.415 e. The van der Waals surface area contributed by atoms with E-state index in [9.17, 15) is 14.4 Å². The molecule has 54 heavy (non-hydrogen) atoms. The number of nitrogens with zero attached hydrogens (tertiary/aromatic N) is 4. The maximum atomic E-state index is 14.9. The minimum atomic E-state index is -0.858. The van der Waals surface area contributed by atoms with E-state index in [1.54, 1.807) is 40.5 Å². The lowest BCUT2D eigenvalue weighted by Crippen LogP contribution is -2.64. The molecule has 2 N–H and O–H groups in total. The predicted molar refractivity (Wildman–Crippen MR) is 216 cm³/mol. The Morgan fingerprint density at radius 1 is 1.00 bits per heavy atom. The number of amides is 3. The third-order valence-corrected chi connectivity index (χ3v) is 12.9. The lowest BCUT2D eigenvalue weighted by molar-refractivity contribution is -0.148. The van der Waals surface area contributed by atoms with E-state index in [2.05, 4.69) is 71.9 Å². The van der Waals surface area contributed by atoms with Gasteiger partial charge in [0.2, 0.25) is 11.8 Å². The van der Waals surface area contributed by atoms with Gasteiger partial charge in [0, 0.05) is 36.6 Å². The van der Waals surface area contributed by atoms with Crippen LogP contribution in [0.15, 0.2) is 72.1 Å². The van der Waals surface area contributed by atoms with E-state index >= 15 is 0 Å². The Kier molecular flexibility index (Phi) is 14.1. The standard InChI is InChI=1S/C42H57ClN6O4S/c1-46(2)22-10-9-16-36(47(3)33-18-20-42(21-19-33)27-32(45-30-42)26-31-12-5-4-6-13-31)40(51)49-24-23-48(41(52)53-38-17-8-7-15-35(38)43)29-37(49)39(50)44-28-34-14-11-25-54-34/h4-8,11-15,17,25,32-33,36-37,45H,9-10,16,18-24,26-30H2,1-3H3,(H,44,50)/t32?,33?,36-,37+,42?/m1/s1. The lowest BCUT2D eigenvalue weighted by atomic mass is 9.70. The number of unbranched alkanes of at least 4 members (excludes halogenated alkanes) is 1. The molecule has 3 aromatic rings. The monoisotopic (exact) mass is 776 g/mol. The van der Waals surface area contributed by atoms with Gasteiger partial charge in [-0.2, -0.15) is 0 Å². The van der Waals surface area contributed by atoms with Gasteiger partial charge in [0.25, 0.3) is 0 Å². The van der Waals surface area contributed by atoms with Crippen LogP contribution >= 0.6 is 22.9 Å². The first kappa shape index (κ1) is 40.2. The summed E-state index contributed by atoms with van der Waals surface area (Å²) in [5, 5.41) is 9.20. The van der Waals surface area contributed by atoms with Crippen LogP contribution in [0.3, 0.4) is 0 Å². The zero-order chi connectivity index (χ0) is 38.1. The van der Waals surface area contributed by atoms with Crippen molar-refractivity contribution in [2.75, 3.05) is 53.9 Å². The molecule has 0 bridgehead atoms. The Labute approximate surface area is 330 Å². The summed E-state index contributed by atoms with van der Waals surface area (Å²) in [4.78, 5) is 51.0. The number of para-hydroxylation sites is 1. The van der Waals surface area contributed by atoms with Crippen LogP contribution in [0.4, 0.5) is 4.79 Å². The van der Waals surface area contributed by atoms with Gasteiger partial charge in [-0.3, -0.25) is 14.5 Å². The van der Waals surface area contributed by atoms with Gasteiger partial charge in [-0.25, -0.2) is 4.79 Å². The topological polar surface area (TPSA) is 97.5 Å². The highest BCUT2D eigenvalue weighted by Gasteiger charge is 2.45. The Balaban J connectivity index is 1.15. The molecule has 3 fully saturated rings. The van der Waals surface area contributed by atoms with Crippen LogP contribution in [0.1, 0.15) is 61.8 Å². The van der Waals surface area contributed by atoms with Crippen LogP contribution < -0.4 is 15.4 Å². The molecule has 2 aliphatic heterocycles. The number of benzene rings is 2. The van der Waals surface area contributed by atoms with E-state index in [1.165, 1.54) is 16.9 Å². The van der Waals surface area contributed by atoms with Gasteiger partial charge in [0.05, 0.1) is 24.2 Å². The maximum Gasteiger partial charge on any atom is 0.415 e. The van der Waals surface area contributed by atoms with Crippen molar-refractivity contribution in [2.24, 2.45) is 5.41 Å². The number of piperazine rings is 1. The summed E-state index contributed by atoms with van der Waals surface area (Å²) in [6.07, 6.45) is 8.63. The number of carbonyl (C=O) groups excluding carboxylic acids is 3. The van der Waals surface area contributed by atoms with E-state index in [4.69, 9.17) is 16.3 Å². The minimum absolute atomic E-state index is 0.0332. The number of likely N-dealkylation sites (N-methyl/N-ethyl adjacent to an activating group) is 1. The first-order valence-electron chi connectivity index (χ1n) is 19.6. The molecular weight excluding hydrogens is 720 g/mol. The molecule has 3 atom stereocenters. The first-order valence-corrected chi connectivity index (χ1v) is 20.8. The second-order valence-electron chi connectivity index (χ2n) is 15.8. The van der Waals surface area contributed by atoms with E-state index in [0.717, 1.165) is 62.9 Å². The molecule has 1 saturated carbocycles. The quantitative estimate of drug-likeness (QED) is 0.186. The van der Waals surface area contributed by atoms with Gasteiger partial charge in [-0.05, 0) is 114 Å². The molecule has 3 aliphatic rings. The summed E-state index contributed by atoms with van der Waals surface area (Å²) in [5.41, 5.74) is 1.69. The van der Waals surface area contributed by atoms with Gasteiger partial charge in [-0.15, -0.1) is 11.3 Å². The van der Waals surface area contributed by atoms with Crippen LogP contribution in [0.25, 0.3) is 0 Å². The number of rotatable bonds is 14. The SMILES string of the molecule is CN(C)CCCC[C@H](C(=O)N1CCN(C(=O)Oc2ccccc2Cl)C[C@H]1C(=O)NCc1cccs1)N(C)C1CCC2(CC1)CNC(Cc1ccccc1)C2. The lowest BCUT2D eigenvalue weighted by Gasteiger charge is -2.45. The molecule has 2 aromatic carbocycles. The normalized spacial score (nSPS) is 23.6. The smallest absolute Gasteiger partial charge is 0.409 e. The van der Waals surface area contributed by atoms with E-state index in [-0.39, 0.29) is 49.3 Å². The number of ether oxygens (including phenoxy) is 1. The molecule has 12 heteroatoms. The average molecular weight is 777 g/mol. The fourth-order valence-electron chi connectivity index (χ4n) is 8.62. The van der Waals surface area contributed by atoms with Gasteiger partial charge >= 0.3 is 6.09 Å². The molecule has 1 aliphatic carbocycles. The minimum Gasteiger partial charge on any atom is -0.409 e. The second-order valence-corrected chi connectivity index (χ2v) is 17.2. The van der Waals surface area contributed by atoms with Gasteiger partial charge < -0.3 is 30.1 Å². The zero-order valence-corrected chi connectivity index (χ0v) is 33.6. The maximum absolute atomic E-state index is 14.9. The Morgan fingerprint density at radius 3 is 2.48 bits per heavy atom. The number of hydrogen-bond donors (Lipinski definition) is 2. The average Bonchev–Trinajstić information content (AvgIpc) is 3.85. The molecule has 2 saturated heterocycles. The Morgan fingerprint density at radius 2 is 1.76 bits per heavy atom. The van der Waals surface area contributed by atoms with Crippen LogP contribution in [-0.2, 0) is 22.6 Å². The van der Waals surface area contributed by atoms with Crippen LogP contribution in [0.5, 0.6) is 5.75 Å². The summed E-state index contributed by atoms with van der Waals surface area (Å²) >= 11 is 7.85. The molecule has 0 radical (unpaired) electrons. The molecule has 292 valence electrons. The third-order valence-electron chi connectivity index (χ3n) is 11.7. The second kappa shape index (κ2) is 18.9. The number of halogens is 1. The molecule has 3 amide bonds. The molecule has 10 nitrogen and oxygen atoms in total. The van der Waals surface area contributed by atoms with Crippen molar-refractivity contribution in [1.29, 1.82) is 0 Å². The van der Waals surface area contributed by atoms with Crippen molar-refractivity contribution in [3.63, 3.8) is 0 Å². The van der Waals surface area contributed by atoms with Crippen molar-refractivity contribution >= 4 is 40.8 Å². The zero-order valence-electron chi connectivity index (χ0n) is 32.1. The fourth-order valence-corrected chi connectivity index (χ4v) is 9.43. The Hall–Kier alpha value is -3.48. The highest BCUT2D eigenvalue weighted by atomic mass is 35.5. The molecule has 3 heterocycles. The van der Waals surface area contributed by atoms with Crippen molar-refractivity contribution in [2.45, 2.75) is 88.5 Å². The molecule has 6 rings (SSSR count). The number of thiophene rings is 1. The summed E-state index contributed by atoms with van der Waals surface area (Å²) in [6, 6.07) is 21.1. The summed E-state index contributed by atoms with van der Waals surface area (Å²) in [6.45, 7) is 2.89. The molecule has 1 spiro atoms. The van der Waals surface area contributed by atoms with Crippen molar-refractivity contribution < 1.29 is 19.1 Å². The van der Waals surface area contributed by atoms with Crippen LogP contribution in [0.2, 0.25) is 5.02 Å². The van der Waals surface area contributed by atoms with E-state index < -0.39 is 12.1 Å². The fraction of sp³-hybridized carbons (Fsp3) is 0.548. The van der Waals surface area contributed by atoms with Crippen molar-refractivity contribution in [3.05, 3.63) is 87.6 Å². The summed E-state index contributed by atoms with van der Waals surface area (Å²) in [7, 11) is 6.26.